The number of aliphatic hydroxyl groups excluding tert-OH is 1. The van der Waals surface area contributed by atoms with Crippen LogP contribution in [-0.2, 0) is 11.2 Å². The molecule has 1 aliphatic heterocycles. The lowest BCUT2D eigenvalue weighted by Gasteiger charge is -2.30. The summed E-state index contributed by atoms with van der Waals surface area (Å²) >= 11 is 0. The molecule has 0 aromatic heterocycles. The van der Waals surface area contributed by atoms with Crippen LogP contribution in [0.1, 0.15) is 40.7 Å². The van der Waals surface area contributed by atoms with Crippen molar-refractivity contribution in [3.05, 3.63) is 33.9 Å². The third-order valence-electron chi connectivity index (χ3n) is 4.67. The Balaban J connectivity index is 2.16. The van der Waals surface area contributed by atoms with Gasteiger partial charge in [0.2, 0.25) is 5.91 Å². The molecule has 1 amide bonds. The first-order valence-electron chi connectivity index (χ1n) is 7.42. The number of carbonyl (C=O) groups excluding carboxylic acids is 1. The molecule has 0 radical (unpaired) electrons. The number of aliphatic hydroxyl groups is 1. The van der Waals surface area contributed by atoms with Gasteiger partial charge in [0.25, 0.3) is 0 Å². The van der Waals surface area contributed by atoms with Crippen molar-refractivity contribution >= 4 is 5.91 Å². The minimum absolute atomic E-state index is 0.188. The third kappa shape index (κ3) is 3.04. The summed E-state index contributed by atoms with van der Waals surface area (Å²) in [6.07, 6.45) is 1.66. The quantitative estimate of drug-likeness (QED) is 0.900. The minimum Gasteiger partial charge on any atom is -0.393 e. The number of hydrogen-bond acceptors (Lipinski definition) is 2. The maximum atomic E-state index is 12.4. The van der Waals surface area contributed by atoms with Crippen LogP contribution in [0.5, 0.6) is 0 Å². The average Bonchev–Trinajstić information content (AvgIpc) is 2.42. The van der Waals surface area contributed by atoms with Crippen LogP contribution in [0.3, 0.4) is 0 Å². The van der Waals surface area contributed by atoms with Gasteiger partial charge in [-0.05, 0) is 68.4 Å². The highest BCUT2D eigenvalue weighted by atomic mass is 16.3. The molecule has 0 bridgehead atoms. The molecule has 0 saturated carbocycles. The van der Waals surface area contributed by atoms with Crippen LogP contribution in [0.15, 0.2) is 6.07 Å². The van der Waals surface area contributed by atoms with Gasteiger partial charge in [-0.1, -0.05) is 6.07 Å². The standard InChI is InChI=1S/C17H25NO2/c1-11-9-12(2)14(4)16(13(11)3)10-17(20)18-7-5-15(19)6-8-18/h9,15,19H,5-8,10H2,1-4H3. The summed E-state index contributed by atoms with van der Waals surface area (Å²) < 4.78 is 0. The maximum absolute atomic E-state index is 12.4. The summed E-state index contributed by atoms with van der Waals surface area (Å²) in [5.41, 5.74) is 6.16. The lowest BCUT2D eigenvalue weighted by molar-refractivity contribution is -0.132. The molecule has 1 aliphatic rings. The van der Waals surface area contributed by atoms with Crippen LogP contribution >= 0.6 is 0 Å². The van der Waals surface area contributed by atoms with Crippen LogP contribution in [0.4, 0.5) is 0 Å². The topological polar surface area (TPSA) is 40.5 Å². The second-order valence-corrected chi connectivity index (χ2v) is 6.03. The fraction of sp³-hybridized carbons (Fsp3) is 0.588. The van der Waals surface area contributed by atoms with E-state index in [1.165, 1.54) is 27.8 Å². The number of nitrogens with zero attached hydrogens (tertiary/aromatic N) is 1. The lowest BCUT2D eigenvalue weighted by atomic mass is 9.92. The molecule has 0 aliphatic carbocycles. The second-order valence-electron chi connectivity index (χ2n) is 6.03. The number of aryl methyl sites for hydroxylation is 2. The molecule has 1 aromatic rings. The summed E-state index contributed by atoms with van der Waals surface area (Å²) in [6.45, 7) is 9.78. The fourth-order valence-electron chi connectivity index (χ4n) is 2.94. The SMILES string of the molecule is Cc1cc(C)c(C)c(CC(=O)N2CCC(O)CC2)c1C. The zero-order valence-electron chi connectivity index (χ0n) is 13.0. The van der Waals surface area contributed by atoms with Crippen molar-refractivity contribution in [1.29, 1.82) is 0 Å². The predicted molar refractivity (Wildman–Crippen MR) is 80.9 cm³/mol. The molecule has 2 rings (SSSR count). The molecular weight excluding hydrogens is 250 g/mol. The number of benzene rings is 1. The first kappa shape index (κ1) is 15.0. The third-order valence-corrected chi connectivity index (χ3v) is 4.67. The molecule has 1 N–H and O–H groups in total. The highest BCUT2D eigenvalue weighted by Crippen LogP contribution is 2.23. The molecule has 1 aromatic carbocycles. The first-order valence-corrected chi connectivity index (χ1v) is 7.42. The molecule has 20 heavy (non-hydrogen) atoms. The predicted octanol–water partition coefficient (Wildman–Crippen LogP) is 2.45. The molecule has 110 valence electrons. The van der Waals surface area contributed by atoms with E-state index in [1.54, 1.807) is 0 Å². The van der Waals surface area contributed by atoms with Gasteiger partial charge in [-0.3, -0.25) is 4.79 Å². The van der Waals surface area contributed by atoms with Crippen molar-refractivity contribution < 1.29 is 9.90 Å². The van der Waals surface area contributed by atoms with Gasteiger partial charge in [-0.2, -0.15) is 0 Å². The number of rotatable bonds is 2. The molecule has 1 heterocycles. The largest absolute Gasteiger partial charge is 0.393 e. The van der Waals surface area contributed by atoms with Crippen molar-refractivity contribution in [2.75, 3.05) is 13.1 Å². The number of carbonyl (C=O) groups is 1. The number of hydrogen-bond donors (Lipinski definition) is 1. The summed E-state index contributed by atoms with van der Waals surface area (Å²) in [5.74, 6) is 0.188. The fourth-order valence-corrected chi connectivity index (χ4v) is 2.94. The Kier molecular flexibility index (Phi) is 4.48. The van der Waals surface area contributed by atoms with Crippen LogP contribution in [0, 0.1) is 27.7 Å². The number of piperidine rings is 1. The number of likely N-dealkylation sites (tertiary alicyclic amines) is 1. The van der Waals surface area contributed by atoms with Gasteiger partial charge in [0, 0.05) is 13.1 Å². The van der Waals surface area contributed by atoms with Gasteiger partial charge in [0.1, 0.15) is 0 Å². The van der Waals surface area contributed by atoms with Crippen molar-refractivity contribution in [3.63, 3.8) is 0 Å². The van der Waals surface area contributed by atoms with E-state index < -0.39 is 0 Å². The minimum atomic E-state index is -0.233. The molecule has 3 heteroatoms. The van der Waals surface area contributed by atoms with Gasteiger partial charge in [0.05, 0.1) is 12.5 Å². The van der Waals surface area contributed by atoms with Gasteiger partial charge in [-0.15, -0.1) is 0 Å². The van der Waals surface area contributed by atoms with E-state index in [0.717, 1.165) is 0 Å². The van der Waals surface area contributed by atoms with Crippen LogP contribution < -0.4 is 0 Å². The maximum Gasteiger partial charge on any atom is 0.227 e. The van der Waals surface area contributed by atoms with E-state index in [2.05, 4.69) is 33.8 Å². The van der Waals surface area contributed by atoms with E-state index in [1.807, 2.05) is 4.90 Å². The van der Waals surface area contributed by atoms with Crippen LogP contribution in [0.2, 0.25) is 0 Å². The van der Waals surface area contributed by atoms with E-state index in [-0.39, 0.29) is 12.0 Å². The zero-order valence-corrected chi connectivity index (χ0v) is 13.0. The molecule has 0 unspecified atom stereocenters. The molecule has 1 fully saturated rings. The van der Waals surface area contributed by atoms with Gasteiger partial charge >= 0.3 is 0 Å². The Morgan fingerprint density at radius 3 is 2.15 bits per heavy atom. The monoisotopic (exact) mass is 275 g/mol. The summed E-state index contributed by atoms with van der Waals surface area (Å²) in [6, 6.07) is 2.19. The van der Waals surface area contributed by atoms with E-state index >= 15 is 0 Å². The summed E-state index contributed by atoms with van der Waals surface area (Å²) in [5, 5.41) is 9.52. The van der Waals surface area contributed by atoms with Crippen molar-refractivity contribution in [2.45, 2.75) is 53.1 Å². The summed E-state index contributed by atoms with van der Waals surface area (Å²) in [4.78, 5) is 14.3. The highest BCUT2D eigenvalue weighted by Gasteiger charge is 2.22. The highest BCUT2D eigenvalue weighted by molar-refractivity contribution is 5.80. The zero-order chi connectivity index (χ0) is 14.9. The second kappa shape index (κ2) is 5.96. The van der Waals surface area contributed by atoms with Gasteiger partial charge < -0.3 is 10.0 Å². The van der Waals surface area contributed by atoms with Gasteiger partial charge in [-0.25, -0.2) is 0 Å². The molecule has 0 atom stereocenters. The lowest BCUT2D eigenvalue weighted by Crippen LogP contribution is -2.41. The number of amides is 1. The Bertz CT molecular complexity index is 488. The summed E-state index contributed by atoms with van der Waals surface area (Å²) in [7, 11) is 0. The Morgan fingerprint density at radius 2 is 1.65 bits per heavy atom. The Morgan fingerprint density at radius 1 is 1.15 bits per heavy atom. The molecule has 3 nitrogen and oxygen atoms in total. The van der Waals surface area contributed by atoms with Crippen LogP contribution in [0.25, 0.3) is 0 Å². The first-order chi connectivity index (χ1) is 9.40. The van der Waals surface area contributed by atoms with E-state index in [0.29, 0.717) is 32.4 Å². The molecule has 1 saturated heterocycles. The van der Waals surface area contributed by atoms with Gasteiger partial charge in [0.15, 0.2) is 0 Å². The van der Waals surface area contributed by atoms with Crippen molar-refractivity contribution in [1.82, 2.24) is 4.90 Å². The van der Waals surface area contributed by atoms with Crippen molar-refractivity contribution in [2.24, 2.45) is 0 Å². The normalized spacial score (nSPS) is 16.6. The Hall–Kier alpha value is -1.35. The average molecular weight is 275 g/mol. The van der Waals surface area contributed by atoms with E-state index in [4.69, 9.17) is 0 Å². The molecular formula is C17H25NO2. The Labute approximate surface area is 121 Å². The molecule has 0 spiro atoms. The van der Waals surface area contributed by atoms with Crippen LogP contribution in [-0.4, -0.2) is 35.1 Å². The smallest absolute Gasteiger partial charge is 0.227 e. The van der Waals surface area contributed by atoms with E-state index in [9.17, 15) is 9.90 Å². The van der Waals surface area contributed by atoms with Crippen molar-refractivity contribution in [3.8, 4) is 0 Å².